The molecule has 0 unspecified atom stereocenters. The smallest absolute Gasteiger partial charge is 0.160 e. The van der Waals surface area contributed by atoms with Crippen LogP contribution < -0.4 is 0 Å². The molecule has 0 radical (unpaired) electrons. The summed E-state index contributed by atoms with van der Waals surface area (Å²) in [6, 6.07) is 69.3. The molecule has 0 saturated carbocycles. The molecule has 2 nitrogen and oxygen atoms in total. The van der Waals surface area contributed by atoms with E-state index in [1.807, 2.05) is 29.5 Å². The Morgan fingerprint density at radius 2 is 0.774 bits per heavy atom. The van der Waals surface area contributed by atoms with Crippen LogP contribution >= 0.6 is 11.3 Å². The van der Waals surface area contributed by atoms with Crippen LogP contribution in [0.15, 0.2) is 194 Å². The molecule has 10 aromatic rings. The van der Waals surface area contributed by atoms with Crippen molar-refractivity contribution in [3.63, 3.8) is 0 Å². The summed E-state index contributed by atoms with van der Waals surface area (Å²) < 4.78 is 2.61. The molecule has 0 aliphatic carbocycles. The van der Waals surface area contributed by atoms with Gasteiger partial charge in [0, 0.05) is 36.9 Å². The molecule has 8 aromatic carbocycles. The number of thiophene rings is 1. The second-order valence-corrected chi connectivity index (χ2v) is 14.5. The molecule has 0 aliphatic heterocycles. The average Bonchev–Trinajstić information content (AvgIpc) is 3.62. The Labute approximate surface area is 312 Å². The first-order valence-corrected chi connectivity index (χ1v) is 18.7. The van der Waals surface area contributed by atoms with E-state index in [9.17, 15) is 0 Å². The summed E-state index contributed by atoms with van der Waals surface area (Å²) in [5.74, 6) is 0.704. The molecule has 0 atom stereocenters. The van der Waals surface area contributed by atoms with E-state index in [4.69, 9.17) is 9.97 Å². The standard InChI is InChI=1S/C50H32N2S/c1-4-12-33(13-5-1)36-20-21-38-27-40(23-22-37(38)26-36)46-32-47(52-50(51-46)35-16-8-3-9-17-35)43-29-41(34-14-6-2-7-15-34)28-42(30-43)39-24-25-49-45(31-39)44-18-10-11-19-48(44)53-49/h1-32H. The Balaban J connectivity index is 1.14. The SMILES string of the molecule is c1ccc(-c2cc(-c3ccc4sc5ccccc5c4c3)cc(-c3cc(-c4ccc5cc(-c6ccccc6)ccc5c4)nc(-c4ccccc4)n3)c2)cc1. The second kappa shape index (κ2) is 13.1. The van der Waals surface area contributed by atoms with Gasteiger partial charge in [0.25, 0.3) is 0 Å². The lowest BCUT2D eigenvalue weighted by atomic mass is 9.93. The fourth-order valence-electron chi connectivity index (χ4n) is 7.32. The summed E-state index contributed by atoms with van der Waals surface area (Å²) in [6.07, 6.45) is 0. The zero-order chi connectivity index (χ0) is 35.1. The molecule has 0 saturated heterocycles. The van der Waals surface area contributed by atoms with Gasteiger partial charge >= 0.3 is 0 Å². The zero-order valence-electron chi connectivity index (χ0n) is 28.8. The molecule has 10 rings (SSSR count). The first kappa shape index (κ1) is 31.1. The molecule has 3 heteroatoms. The van der Waals surface area contributed by atoms with Crippen LogP contribution in [0.5, 0.6) is 0 Å². The van der Waals surface area contributed by atoms with Crippen LogP contribution in [0.1, 0.15) is 0 Å². The molecule has 248 valence electrons. The van der Waals surface area contributed by atoms with Gasteiger partial charge in [-0.2, -0.15) is 0 Å². The van der Waals surface area contributed by atoms with Crippen molar-refractivity contribution in [3.8, 4) is 67.3 Å². The topological polar surface area (TPSA) is 25.8 Å². The third-order valence-corrected chi connectivity index (χ3v) is 11.2. The second-order valence-electron chi connectivity index (χ2n) is 13.4. The van der Waals surface area contributed by atoms with Crippen molar-refractivity contribution in [2.45, 2.75) is 0 Å². The number of rotatable bonds is 6. The van der Waals surface area contributed by atoms with Crippen LogP contribution in [0.3, 0.4) is 0 Å². The van der Waals surface area contributed by atoms with Crippen LogP contribution in [-0.2, 0) is 0 Å². The summed E-state index contributed by atoms with van der Waals surface area (Å²) in [7, 11) is 0. The highest BCUT2D eigenvalue weighted by Crippen LogP contribution is 2.39. The van der Waals surface area contributed by atoms with E-state index in [0.717, 1.165) is 39.2 Å². The Hall–Kier alpha value is -6.68. The number of aromatic nitrogens is 2. The lowest BCUT2D eigenvalue weighted by Gasteiger charge is -2.14. The van der Waals surface area contributed by atoms with Gasteiger partial charge in [0.2, 0.25) is 0 Å². The van der Waals surface area contributed by atoms with Crippen molar-refractivity contribution in [3.05, 3.63) is 194 Å². The van der Waals surface area contributed by atoms with Crippen LogP contribution in [-0.4, -0.2) is 9.97 Å². The van der Waals surface area contributed by atoms with Crippen LogP contribution in [0.4, 0.5) is 0 Å². The molecule has 0 amide bonds. The molecule has 2 aromatic heterocycles. The fraction of sp³-hybridized carbons (Fsp3) is 0. The molecule has 53 heavy (non-hydrogen) atoms. The van der Waals surface area contributed by atoms with Gasteiger partial charge in [0.1, 0.15) is 0 Å². The quantitative estimate of drug-likeness (QED) is 0.173. The number of hydrogen-bond acceptors (Lipinski definition) is 3. The van der Waals surface area contributed by atoms with E-state index in [1.54, 1.807) is 0 Å². The number of hydrogen-bond donors (Lipinski definition) is 0. The van der Waals surface area contributed by atoms with Gasteiger partial charge < -0.3 is 0 Å². The van der Waals surface area contributed by atoms with E-state index >= 15 is 0 Å². The van der Waals surface area contributed by atoms with E-state index < -0.39 is 0 Å². The van der Waals surface area contributed by atoms with Crippen molar-refractivity contribution < 1.29 is 0 Å². The van der Waals surface area contributed by atoms with E-state index in [1.165, 1.54) is 53.2 Å². The third-order valence-electron chi connectivity index (χ3n) is 10.0. The maximum absolute atomic E-state index is 5.25. The molecule has 0 bridgehead atoms. The van der Waals surface area contributed by atoms with Crippen molar-refractivity contribution in [2.75, 3.05) is 0 Å². The summed E-state index contributed by atoms with van der Waals surface area (Å²) in [6.45, 7) is 0. The van der Waals surface area contributed by atoms with E-state index in [2.05, 4.69) is 176 Å². The van der Waals surface area contributed by atoms with Gasteiger partial charge in [-0.05, 0) is 98.8 Å². The van der Waals surface area contributed by atoms with Gasteiger partial charge in [-0.25, -0.2) is 9.97 Å². The van der Waals surface area contributed by atoms with Crippen LogP contribution in [0.2, 0.25) is 0 Å². The highest BCUT2D eigenvalue weighted by atomic mass is 32.1. The first-order valence-electron chi connectivity index (χ1n) is 17.9. The maximum Gasteiger partial charge on any atom is 0.160 e. The van der Waals surface area contributed by atoms with Crippen LogP contribution in [0.25, 0.3) is 98.2 Å². The minimum Gasteiger partial charge on any atom is -0.228 e. The Kier molecular flexibility index (Phi) is 7.71. The van der Waals surface area contributed by atoms with Crippen LogP contribution in [0, 0.1) is 0 Å². The molecule has 0 fully saturated rings. The molecular formula is C50H32N2S. The van der Waals surface area contributed by atoms with E-state index in [-0.39, 0.29) is 0 Å². The van der Waals surface area contributed by atoms with E-state index in [0.29, 0.717) is 5.82 Å². The first-order chi connectivity index (χ1) is 26.2. The van der Waals surface area contributed by atoms with Crippen molar-refractivity contribution in [2.24, 2.45) is 0 Å². The fourth-order valence-corrected chi connectivity index (χ4v) is 8.41. The van der Waals surface area contributed by atoms with Crippen molar-refractivity contribution in [1.82, 2.24) is 9.97 Å². The normalized spacial score (nSPS) is 11.4. The number of fused-ring (bicyclic) bond motifs is 4. The molecule has 0 spiro atoms. The minimum atomic E-state index is 0.704. The highest BCUT2D eigenvalue weighted by molar-refractivity contribution is 7.25. The van der Waals surface area contributed by atoms with Gasteiger partial charge in [-0.15, -0.1) is 11.3 Å². The number of nitrogens with zero attached hydrogens (tertiary/aromatic N) is 2. The number of benzene rings is 8. The lowest BCUT2D eigenvalue weighted by molar-refractivity contribution is 1.18. The molecule has 0 N–H and O–H groups in total. The monoisotopic (exact) mass is 692 g/mol. The lowest BCUT2D eigenvalue weighted by Crippen LogP contribution is -1.96. The largest absolute Gasteiger partial charge is 0.228 e. The van der Waals surface area contributed by atoms with Gasteiger partial charge in [-0.1, -0.05) is 140 Å². The van der Waals surface area contributed by atoms with Crippen molar-refractivity contribution >= 4 is 42.3 Å². The van der Waals surface area contributed by atoms with Crippen molar-refractivity contribution in [1.29, 1.82) is 0 Å². The molecule has 0 aliphatic rings. The average molecular weight is 693 g/mol. The summed E-state index contributed by atoms with van der Waals surface area (Å²) in [5, 5.41) is 4.96. The maximum atomic E-state index is 5.25. The summed E-state index contributed by atoms with van der Waals surface area (Å²) in [5.41, 5.74) is 11.9. The Morgan fingerprint density at radius 1 is 0.283 bits per heavy atom. The summed E-state index contributed by atoms with van der Waals surface area (Å²) >= 11 is 1.85. The molecule has 2 heterocycles. The van der Waals surface area contributed by atoms with Gasteiger partial charge in [0.15, 0.2) is 5.82 Å². The molecular weight excluding hydrogens is 661 g/mol. The van der Waals surface area contributed by atoms with Gasteiger partial charge in [-0.3, -0.25) is 0 Å². The predicted octanol–water partition coefficient (Wildman–Crippen LogP) is 14.0. The Bertz CT molecular complexity index is 2930. The Morgan fingerprint density at radius 3 is 1.49 bits per heavy atom. The third kappa shape index (κ3) is 5.97. The minimum absolute atomic E-state index is 0.704. The van der Waals surface area contributed by atoms with Gasteiger partial charge in [0.05, 0.1) is 11.4 Å². The predicted molar refractivity (Wildman–Crippen MR) is 225 cm³/mol. The summed E-state index contributed by atoms with van der Waals surface area (Å²) in [4.78, 5) is 10.4. The zero-order valence-corrected chi connectivity index (χ0v) is 29.6. The highest BCUT2D eigenvalue weighted by Gasteiger charge is 2.15.